The van der Waals surface area contributed by atoms with Crippen molar-refractivity contribution in [1.82, 2.24) is 0 Å². The van der Waals surface area contributed by atoms with Crippen LogP contribution >= 0.6 is 0 Å². The van der Waals surface area contributed by atoms with Gasteiger partial charge in [0, 0.05) is 51.2 Å². The second kappa shape index (κ2) is 18.5. The molecule has 4 saturated carbocycles. The number of aryl methyl sites for hydroxylation is 2. The Hall–Kier alpha value is -7.10. The zero-order valence-corrected chi connectivity index (χ0v) is 39.8. The maximum absolute atomic E-state index is 4.03. The van der Waals surface area contributed by atoms with Crippen LogP contribution in [0.25, 0.3) is 6.08 Å². The lowest BCUT2D eigenvalue weighted by atomic mass is 9.42. The highest BCUT2D eigenvalue weighted by Crippen LogP contribution is 2.66. The summed E-state index contributed by atoms with van der Waals surface area (Å²) in [6, 6.07) is 76.8. The van der Waals surface area contributed by atoms with Gasteiger partial charge >= 0.3 is 0 Å². The summed E-state index contributed by atoms with van der Waals surface area (Å²) in [5.41, 5.74) is 17.6. The summed E-state index contributed by atoms with van der Waals surface area (Å²) in [7, 11) is 0. The molecule has 0 amide bonds. The van der Waals surface area contributed by atoms with Gasteiger partial charge in [0.25, 0.3) is 0 Å². The number of unbranched alkanes of at least 4 members (excludes halogenated alkanes) is 1. The first kappa shape index (κ1) is 43.5. The zero-order chi connectivity index (χ0) is 46.1. The largest absolute Gasteiger partial charge is 0.311 e. The van der Waals surface area contributed by atoms with E-state index in [-0.39, 0.29) is 10.8 Å². The summed E-state index contributed by atoms with van der Waals surface area (Å²) in [5.74, 6) is 1.60. The van der Waals surface area contributed by atoms with Crippen LogP contribution in [0.4, 0.5) is 51.2 Å². The van der Waals surface area contributed by atoms with Crippen molar-refractivity contribution in [3.05, 3.63) is 241 Å². The van der Waals surface area contributed by atoms with Crippen LogP contribution in [0.2, 0.25) is 0 Å². The predicted molar refractivity (Wildman–Crippen MR) is 288 cm³/mol. The van der Waals surface area contributed by atoms with Crippen molar-refractivity contribution in [2.24, 2.45) is 11.8 Å². The Bertz CT molecular complexity index is 2890. The molecular weight excluding hydrogens is 823 g/mol. The summed E-state index contributed by atoms with van der Waals surface area (Å²) in [4.78, 5) is 7.14. The van der Waals surface area contributed by atoms with Gasteiger partial charge in [-0.05, 0) is 212 Å². The highest BCUT2D eigenvalue weighted by Gasteiger charge is 2.58. The molecule has 2 unspecified atom stereocenters. The summed E-state index contributed by atoms with van der Waals surface area (Å²) in [5, 5.41) is 0. The zero-order valence-electron chi connectivity index (χ0n) is 39.8. The number of anilines is 9. The van der Waals surface area contributed by atoms with E-state index in [0.29, 0.717) is 0 Å². The lowest BCUT2D eigenvalue weighted by molar-refractivity contribution is -0.0281. The van der Waals surface area contributed by atoms with E-state index in [1.807, 2.05) is 6.08 Å². The van der Waals surface area contributed by atoms with E-state index < -0.39 is 0 Å². The highest BCUT2D eigenvalue weighted by molar-refractivity contribution is 5.83. The number of hydrogen-bond donors (Lipinski definition) is 0. The molecule has 8 aromatic rings. The van der Waals surface area contributed by atoms with Gasteiger partial charge in [-0.25, -0.2) is 0 Å². The molecule has 2 atom stereocenters. The molecule has 4 aliphatic rings. The van der Waals surface area contributed by atoms with Gasteiger partial charge in [-0.3, -0.25) is 0 Å². The predicted octanol–water partition coefficient (Wildman–Crippen LogP) is 18.2. The van der Waals surface area contributed by atoms with Gasteiger partial charge in [0.05, 0.1) is 0 Å². The number of nitrogens with zero attached hydrogens (tertiary/aromatic N) is 3. The number of rotatable bonds is 15. The van der Waals surface area contributed by atoms with E-state index in [1.165, 1.54) is 85.0 Å². The lowest BCUT2D eigenvalue weighted by Gasteiger charge is -2.63. The molecule has 68 heavy (non-hydrogen) atoms. The Morgan fingerprint density at radius 2 is 0.779 bits per heavy atom. The Kier molecular flexibility index (Phi) is 11.8. The summed E-state index contributed by atoms with van der Waals surface area (Å²) in [6.07, 6.45) is 13.4. The van der Waals surface area contributed by atoms with Crippen LogP contribution in [0.3, 0.4) is 0 Å². The molecule has 4 fully saturated rings. The second-order valence-corrected chi connectivity index (χ2v) is 20.2. The molecule has 12 rings (SSSR count). The van der Waals surface area contributed by atoms with Crippen LogP contribution in [-0.2, 0) is 17.3 Å². The average molecular weight is 886 g/mol. The molecule has 3 heteroatoms. The highest BCUT2D eigenvalue weighted by atomic mass is 15.2. The monoisotopic (exact) mass is 886 g/mol. The lowest BCUT2D eigenvalue weighted by Crippen LogP contribution is -2.55. The molecule has 0 aromatic heterocycles. The van der Waals surface area contributed by atoms with Crippen LogP contribution in [0, 0.1) is 18.8 Å². The fraction of sp³-hybridized carbons (Fsp3) is 0.231. The molecule has 4 aliphatic carbocycles. The molecular formula is C65H63N3. The molecule has 0 saturated heterocycles. The summed E-state index contributed by atoms with van der Waals surface area (Å²) < 4.78 is 0. The Morgan fingerprint density at radius 3 is 1.16 bits per heavy atom. The van der Waals surface area contributed by atoms with Crippen LogP contribution in [-0.4, -0.2) is 0 Å². The van der Waals surface area contributed by atoms with E-state index in [2.05, 4.69) is 241 Å². The van der Waals surface area contributed by atoms with Crippen LogP contribution in [0.1, 0.15) is 86.1 Å². The molecule has 0 radical (unpaired) electrons. The minimum absolute atomic E-state index is 0.228. The van der Waals surface area contributed by atoms with Gasteiger partial charge in [-0.2, -0.15) is 0 Å². The fourth-order valence-corrected chi connectivity index (χ4v) is 12.8. The molecule has 0 heterocycles. The Labute approximate surface area is 405 Å². The minimum atomic E-state index is 0.228. The molecule has 3 nitrogen and oxygen atoms in total. The maximum atomic E-state index is 4.03. The topological polar surface area (TPSA) is 9.72 Å². The Balaban J connectivity index is 0.932. The van der Waals surface area contributed by atoms with Gasteiger partial charge in [-0.15, -0.1) is 0 Å². The van der Waals surface area contributed by atoms with E-state index in [4.69, 9.17) is 0 Å². The van der Waals surface area contributed by atoms with Gasteiger partial charge in [-0.1, -0.05) is 129 Å². The molecule has 8 aromatic carbocycles. The second-order valence-electron chi connectivity index (χ2n) is 20.2. The molecule has 0 N–H and O–H groups in total. The van der Waals surface area contributed by atoms with Crippen LogP contribution < -0.4 is 14.7 Å². The quantitative estimate of drug-likeness (QED) is 0.102. The molecule has 338 valence electrons. The summed E-state index contributed by atoms with van der Waals surface area (Å²) in [6.45, 7) is 8.45. The van der Waals surface area contributed by atoms with E-state index in [0.717, 1.165) is 58.1 Å². The third-order valence-corrected chi connectivity index (χ3v) is 15.6. The maximum Gasteiger partial charge on any atom is 0.0463 e. The first-order valence-electron chi connectivity index (χ1n) is 25.1. The third-order valence-electron chi connectivity index (χ3n) is 15.6. The number of hydrogen-bond acceptors (Lipinski definition) is 3. The Morgan fingerprint density at radius 1 is 0.441 bits per heavy atom. The third kappa shape index (κ3) is 8.45. The van der Waals surface area contributed by atoms with E-state index >= 15 is 0 Å². The first-order chi connectivity index (χ1) is 33.4. The van der Waals surface area contributed by atoms with E-state index in [9.17, 15) is 0 Å². The van der Waals surface area contributed by atoms with Crippen molar-refractivity contribution >= 4 is 57.3 Å². The first-order valence-corrected chi connectivity index (χ1v) is 25.1. The van der Waals surface area contributed by atoms with Crippen LogP contribution in [0.15, 0.2) is 213 Å². The normalized spacial score (nSPS) is 20.2. The fourth-order valence-electron chi connectivity index (χ4n) is 12.8. The van der Waals surface area contributed by atoms with Gasteiger partial charge in [0.2, 0.25) is 0 Å². The van der Waals surface area contributed by atoms with Gasteiger partial charge < -0.3 is 14.7 Å². The molecule has 0 aliphatic heterocycles. The summed E-state index contributed by atoms with van der Waals surface area (Å²) >= 11 is 0. The molecule has 0 spiro atoms. The van der Waals surface area contributed by atoms with Crippen molar-refractivity contribution in [1.29, 1.82) is 0 Å². The van der Waals surface area contributed by atoms with Crippen molar-refractivity contribution in [2.45, 2.75) is 82.5 Å². The van der Waals surface area contributed by atoms with E-state index in [1.54, 1.807) is 5.56 Å². The van der Waals surface area contributed by atoms with Crippen molar-refractivity contribution in [2.75, 3.05) is 14.7 Å². The van der Waals surface area contributed by atoms with Gasteiger partial charge in [0.1, 0.15) is 0 Å². The van der Waals surface area contributed by atoms with Crippen molar-refractivity contribution in [3.63, 3.8) is 0 Å². The number of benzene rings is 8. The van der Waals surface area contributed by atoms with Gasteiger partial charge in [0.15, 0.2) is 0 Å². The molecule has 4 bridgehead atoms. The SMILES string of the molecule is C=Cc1ccc(C23CC4CC(C2)CC(c2ccc(N(c5ccc(CCCC)cc5)c5ccc(N(c6ccc(C)cc6)c6ccc(N(c7ccccc7)c7ccccc7)cc6)cc5)cc2)(C4)C3)cc1. The smallest absolute Gasteiger partial charge is 0.0463 e. The van der Waals surface area contributed by atoms with Crippen molar-refractivity contribution < 1.29 is 0 Å². The van der Waals surface area contributed by atoms with Crippen LogP contribution in [0.5, 0.6) is 0 Å². The number of para-hydroxylation sites is 2. The van der Waals surface area contributed by atoms with Crippen molar-refractivity contribution in [3.8, 4) is 0 Å². The standard InChI is InChI=1S/C65H63N3/c1-4-6-13-50-22-30-58(31-23-50)68(59-32-26-54(27-33-59)65-45-51-42-52(46-65)44-64(43-51,47-65)53-24-20-49(5-2)21-25-53)63-40-38-62(39-41-63)67(57-28-18-48(3)19-29-57)61-36-34-60(35-37-61)66(55-14-9-7-10-15-55)56-16-11-8-12-17-56/h5,7-12,14-41,51-52H,2,4,6,13,42-47H2,1,3H3. The minimum Gasteiger partial charge on any atom is -0.311 e. The average Bonchev–Trinajstić information content (AvgIpc) is 3.38.